The van der Waals surface area contributed by atoms with Gasteiger partial charge in [0.2, 0.25) is 0 Å². The molecule has 0 radical (unpaired) electrons. The van der Waals surface area contributed by atoms with Crippen LogP contribution in [-0.2, 0) is 7.05 Å². The Morgan fingerprint density at radius 1 is 1.32 bits per heavy atom. The van der Waals surface area contributed by atoms with Crippen molar-refractivity contribution in [2.24, 2.45) is 17.3 Å². The predicted molar refractivity (Wildman–Crippen MR) is 91.1 cm³/mol. The average molecular weight is 338 g/mol. The highest BCUT2D eigenvalue weighted by Crippen LogP contribution is 2.36. The lowest BCUT2D eigenvalue weighted by Gasteiger charge is -2.09. The minimum Gasteiger partial charge on any atom is -0.350 e. The Kier molecular flexibility index (Phi) is 4.70. The molecule has 0 spiro atoms. The van der Waals surface area contributed by atoms with Gasteiger partial charge in [-0.25, -0.2) is 0 Å². The Morgan fingerprint density at radius 2 is 2.16 bits per heavy atom. The fraction of sp³-hybridized carbons (Fsp3) is 0.375. The Bertz CT molecular complexity index is 811. The van der Waals surface area contributed by atoms with Crippen molar-refractivity contribution < 1.29 is 4.79 Å². The SMILES string of the molecule is C#CCCC1(CCNC(=O)c2ccc(Nc3cnn(C)c3)nn2)N=N1. The first-order valence-corrected chi connectivity index (χ1v) is 7.85. The summed E-state index contributed by atoms with van der Waals surface area (Å²) in [6.45, 7) is 0.452. The number of anilines is 2. The van der Waals surface area contributed by atoms with Crippen LogP contribution in [0.25, 0.3) is 0 Å². The number of carbonyl (C=O) groups excluding carboxylic acids is 1. The first-order valence-electron chi connectivity index (χ1n) is 7.85. The Labute approximate surface area is 144 Å². The Hall–Kier alpha value is -3.28. The minimum atomic E-state index is -0.400. The summed E-state index contributed by atoms with van der Waals surface area (Å²) in [7, 11) is 1.82. The van der Waals surface area contributed by atoms with Crippen molar-refractivity contribution in [3.63, 3.8) is 0 Å². The van der Waals surface area contributed by atoms with Crippen LogP contribution in [0.1, 0.15) is 29.8 Å². The molecule has 0 aliphatic carbocycles. The number of rotatable bonds is 8. The molecule has 3 rings (SSSR count). The van der Waals surface area contributed by atoms with E-state index in [-0.39, 0.29) is 11.6 Å². The second kappa shape index (κ2) is 7.09. The number of terminal acetylenes is 1. The van der Waals surface area contributed by atoms with Gasteiger partial charge in [0, 0.05) is 39.1 Å². The number of carbonyl (C=O) groups is 1. The fourth-order valence-corrected chi connectivity index (χ4v) is 2.29. The van der Waals surface area contributed by atoms with Gasteiger partial charge in [-0.15, -0.1) is 22.5 Å². The number of nitrogens with one attached hydrogen (secondary N) is 2. The third-order valence-corrected chi connectivity index (χ3v) is 3.74. The maximum absolute atomic E-state index is 12.1. The van der Waals surface area contributed by atoms with Crippen LogP contribution in [0.15, 0.2) is 34.8 Å². The molecule has 25 heavy (non-hydrogen) atoms. The second-order valence-corrected chi connectivity index (χ2v) is 5.72. The molecule has 2 aromatic rings. The Morgan fingerprint density at radius 3 is 2.76 bits per heavy atom. The van der Waals surface area contributed by atoms with Gasteiger partial charge in [0.25, 0.3) is 5.91 Å². The zero-order valence-corrected chi connectivity index (χ0v) is 13.8. The van der Waals surface area contributed by atoms with E-state index in [2.05, 4.69) is 42.1 Å². The van der Waals surface area contributed by atoms with Crippen LogP contribution in [0, 0.1) is 12.3 Å². The largest absolute Gasteiger partial charge is 0.350 e. The molecule has 1 aliphatic heterocycles. The molecule has 0 unspecified atom stereocenters. The lowest BCUT2D eigenvalue weighted by Crippen LogP contribution is -2.29. The normalized spacial score (nSPS) is 13.9. The highest BCUT2D eigenvalue weighted by molar-refractivity contribution is 5.92. The van der Waals surface area contributed by atoms with Gasteiger partial charge in [0.05, 0.1) is 11.9 Å². The molecule has 9 nitrogen and oxygen atoms in total. The van der Waals surface area contributed by atoms with Gasteiger partial charge in [-0.2, -0.15) is 15.3 Å². The van der Waals surface area contributed by atoms with Crippen molar-refractivity contribution >= 4 is 17.4 Å². The summed E-state index contributed by atoms with van der Waals surface area (Å²) in [5, 5.41) is 25.9. The molecule has 128 valence electrons. The first-order chi connectivity index (χ1) is 12.1. The van der Waals surface area contributed by atoms with Crippen LogP contribution in [0.5, 0.6) is 0 Å². The third-order valence-electron chi connectivity index (χ3n) is 3.74. The van der Waals surface area contributed by atoms with Crippen LogP contribution in [0.4, 0.5) is 11.5 Å². The van der Waals surface area contributed by atoms with Crippen molar-refractivity contribution in [3.8, 4) is 12.3 Å². The van der Waals surface area contributed by atoms with Gasteiger partial charge in [0.1, 0.15) is 0 Å². The average Bonchev–Trinajstić information content (AvgIpc) is 3.27. The maximum Gasteiger partial charge on any atom is 0.271 e. The molecule has 0 atom stereocenters. The number of hydrogen-bond donors (Lipinski definition) is 2. The van der Waals surface area contributed by atoms with Gasteiger partial charge < -0.3 is 10.6 Å². The summed E-state index contributed by atoms with van der Waals surface area (Å²) in [5.41, 5.74) is 0.644. The smallest absolute Gasteiger partial charge is 0.271 e. The van der Waals surface area contributed by atoms with Crippen LogP contribution < -0.4 is 10.6 Å². The first kappa shape index (κ1) is 16.6. The highest BCUT2D eigenvalue weighted by Gasteiger charge is 2.38. The monoisotopic (exact) mass is 338 g/mol. The number of aromatic nitrogens is 4. The summed E-state index contributed by atoms with van der Waals surface area (Å²) in [6.07, 6.45) is 10.7. The van der Waals surface area contributed by atoms with E-state index in [9.17, 15) is 4.79 Å². The van der Waals surface area contributed by atoms with Crippen LogP contribution in [0.2, 0.25) is 0 Å². The van der Waals surface area contributed by atoms with E-state index >= 15 is 0 Å². The molecule has 9 heteroatoms. The molecular formula is C16H18N8O. The van der Waals surface area contributed by atoms with E-state index in [1.807, 2.05) is 13.2 Å². The van der Waals surface area contributed by atoms with Gasteiger partial charge >= 0.3 is 0 Å². The summed E-state index contributed by atoms with van der Waals surface area (Å²) in [4.78, 5) is 12.1. The summed E-state index contributed by atoms with van der Waals surface area (Å²) in [5.74, 6) is 2.83. The van der Waals surface area contributed by atoms with E-state index in [1.165, 1.54) is 0 Å². The molecular weight excluding hydrogens is 320 g/mol. The zero-order chi connectivity index (χ0) is 17.7. The molecule has 0 bridgehead atoms. The molecule has 1 amide bonds. The van der Waals surface area contributed by atoms with Gasteiger partial charge in [-0.05, 0) is 12.1 Å². The zero-order valence-electron chi connectivity index (χ0n) is 13.8. The van der Waals surface area contributed by atoms with Crippen molar-refractivity contribution in [1.82, 2.24) is 25.3 Å². The van der Waals surface area contributed by atoms with E-state index in [1.54, 1.807) is 23.0 Å². The summed E-state index contributed by atoms with van der Waals surface area (Å²) < 4.78 is 1.67. The molecule has 0 saturated carbocycles. The van der Waals surface area contributed by atoms with Crippen LogP contribution >= 0.6 is 0 Å². The van der Waals surface area contributed by atoms with Gasteiger partial charge in [-0.1, -0.05) is 0 Å². The molecule has 1 aliphatic rings. The predicted octanol–water partition coefficient (Wildman–Crippen LogP) is 1.65. The third kappa shape index (κ3) is 4.38. The van der Waals surface area contributed by atoms with Crippen LogP contribution in [0.3, 0.4) is 0 Å². The fourth-order valence-electron chi connectivity index (χ4n) is 2.29. The quantitative estimate of drug-likeness (QED) is 0.711. The molecule has 0 fully saturated rings. The number of amides is 1. The van der Waals surface area contributed by atoms with Crippen molar-refractivity contribution in [2.75, 3.05) is 11.9 Å². The second-order valence-electron chi connectivity index (χ2n) is 5.72. The molecule has 3 heterocycles. The molecule has 0 saturated heterocycles. The highest BCUT2D eigenvalue weighted by atomic mass is 16.1. The van der Waals surface area contributed by atoms with Crippen molar-refractivity contribution in [3.05, 3.63) is 30.2 Å². The topological polar surface area (TPSA) is 109 Å². The van der Waals surface area contributed by atoms with E-state index in [4.69, 9.17) is 6.42 Å². The molecule has 2 N–H and O–H groups in total. The van der Waals surface area contributed by atoms with Crippen LogP contribution in [-0.4, -0.2) is 38.1 Å². The van der Waals surface area contributed by atoms with Gasteiger partial charge in [0.15, 0.2) is 17.2 Å². The number of hydrogen-bond acceptors (Lipinski definition) is 7. The lowest BCUT2D eigenvalue weighted by atomic mass is 10.0. The molecule has 2 aromatic heterocycles. The number of aryl methyl sites for hydroxylation is 1. The minimum absolute atomic E-state index is 0.249. The summed E-state index contributed by atoms with van der Waals surface area (Å²) >= 11 is 0. The van der Waals surface area contributed by atoms with Crippen molar-refractivity contribution in [2.45, 2.75) is 24.9 Å². The Balaban J connectivity index is 1.47. The van der Waals surface area contributed by atoms with Gasteiger partial charge in [-0.3, -0.25) is 9.48 Å². The number of nitrogens with zero attached hydrogens (tertiary/aromatic N) is 6. The van der Waals surface area contributed by atoms with Crippen molar-refractivity contribution in [1.29, 1.82) is 0 Å². The van der Waals surface area contributed by atoms with E-state index in [0.717, 1.165) is 5.69 Å². The van der Waals surface area contributed by atoms with E-state index < -0.39 is 5.66 Å². The molecule has 0 aromatic carbocycles. The van der Waals surface area contributed by atoms with E-state index in [0.29, 0.717) is 31.6 Å². The lowest BCUT2D eigenvalue weighted by molar-refractivity contribution is 0.0946. The standard InChI is InChI=1S/C16H18N8O/c1-3-4-7-16(22-23-16)8-9-17-15(25)13-5-6-14(21-20-13)19-12-10-18-24(2)11-12/h1,5-6,10-11H,4,7-9H2,2H3,(H,17,25)(H,19,21). The summed E-state index contributed by atoms with van der Waals surface area (Å²) in [6, 6.07) is 3.30. The maximum atomic E-state index is 12.1.